The van der Waals surface area contributed by atoms with Crippen LogP contribution in [0.15, 0.2) is 33.9 Å². The molecule has 29 heavy (non-hydrogen) atoms. The molecule has 1 aliphatic carbocycles. The van der Waals surface area contributed by atoms with Crippen LogP contribution in [-0.4, -0.2) is 46.2 Å². The van der Waals surface area contributed by atoms with Crippen LogP contribution in [0.3, 0.4) is 0 Å². The van der Waals surface area contributed by atoms with Crippen LogP contribution < -0.4 is 4.90 Å². The first kappa shape index (κ1) is 18.7. The van der Waals surface area contributed by atoms with Crippen molar-refractivity contribution in [1.82, 2.24) is 19.9 Å². The predicted octanol–water partition coefficient (Wildman–Crippen LogP) is 3.57. The van der Waals surface area contributed by atoms with E-state index in [1.165, 1.54) is 24.0 Å². The van der Waals surface area contributed by atoms with E-state index in [-0.39, 0.29) is 0 Å². The molecule has 5 rings (SSSR count). The summed E-state index contributed by atoms with van der Waals surface area (Å²) < 4.78 is 13.2. The van der Waals surface area contributed by atoms with Gasteiger partial charge in [-0.2, -0.15) is 0 Å². The SMILES string of the molecule is Cc1ccc(-n2c(SCc3noc4c3CCCC4)nnc2N2CCOCC2)cc1. The Morgan fingerprint density at radius 2 is 1.83 bits per heavy atom. The number of aromatic nitrogens is 4. The van der Waals surface area contributed by atoms with Crippen molar-refractivity contribution in [3.8, 4) is 5.69 Å². The number of morpholine rings is 1. The van der Waals surface area contributed by atoms with Gasteiger partial charge < -0.3 is 14.2 Å². The van der Waals surface area contributed by atoms with Crippen molar-refractivity contribution in [2.75, 3.05) is 31.2 Å². The van der Waals surface area contributed by atoms with E-state index >= 15 is 0 Å². The normalized spacial score (nSPS) is 16.8. The molecule has 1 saturated heterocycles. The summed E-state index contributed by atoms with van der Waals surface area (Å²) in [6.45, 7) is 5.18. The van der Waals surface area contributed by atoms with Crippen LogP contribution in [0, 0.1) is 6.92 Å². The van der Waals surface area contributed by atoms with Gasteiger partial charge in [0.25, 0.3) is 0 Å². The standard InChI is InChI=1S/C21H25N5O2S/c1-15-6-8-16(9-7-15)26-20(25-10-12-27-13-11-25)22-23-21(26)29-14-18-17-4-2-3-5-19(17)28-24-18/h6-9H,2-5,10-14H2,1H3. The lowest BCUT2D eigenvalue weighted by Crippen LogP contribution is -2.37. The van der Waals surface area contributed by atoms with Crippen LogP contribution >= 0.6 is 11.8 Å². The van der Waals surface area contributed by atoms with Crippen LogP contribution in [0.25, 0.3) is 5.69 Å². The summed E-state index contributed by atoms with van der Waals surface area (Å²) in [5, 5.41) is 14.3. The Labute approximate surface area is 174 Å². The van der Waals surface area contributed by atoms with Gasteiger partial charge >= 0.3 is 0 Å². The second-order valence-corrected chi connectivity index (χ2v) is 8.52. The van der Waals surface area contributed by atoms with Crippen LogP contribution in [0.5, 0.6) is 0 Å². The lowest BCUT2D eigenvalue weighted by atomic mass is 9.97. The third kappa shape index (κ3) is 3.79. The number of rotatable bonds is 5. The quantitative estimate of drug-likeness (QED) is 0.595. The number of aryl methyl sites for hydroxylation is 2. The van der Waals surface area contributed by atoms with E-state index in [4.69, 9.17) is 9.26 Å². The first-order valence-electron chi connectivity index (χ1n) is 10.2. The summed E-state index contributed by atoms with van der Waals surface area (Å²) in [5.41, 5.74) is 4.67. The number of thioether (sulfide) groups is 1. The average Bonchev–Trinajstić information content (AvgIpc) is 3.38. The molecule has 7 nitrogen and oxygen atoms in total. The molecule has 0 saturated carbocycles. The molecule has 1 aromatic carbocycles. The van der Waals surface area contributed by atoms with E-state index in [0.717, 1.165) is 59.9 Å². The third-order valence-electron chi connectivity index (χ3n) is 5.57. The van der Waals surface area contributed by atoms with Crippen molar-refractivity contribution >= 4 is 17.7 Å². The summed E-state index contributed by atoms with van der Waals surface area (Å²) >= 11 is 1.67. The minimum Gasteiger partial charge on any atom is -0.378 e. The van der Waals surface area contributed by atoms with E-state index in [1.54, 1.807) is 11.8 Å². The van der Waals surface area contributed by atoms with Gasteiger partial charge in [-0.25, -0.2) is 0 Å². The molecule has 0 amide bonds. The van der Waals surface area contributed by atoms with Crippen LogP contribution in [0.4, 0.5) is 5.95 Å². The van der Waals surface area contributed by atoms with Crippen molar-refractivity contribution in [1.29, 1.82) is 0 Å². The molecule has 2 aliphatic rings. The van der Waals surface area contributed by atoms with Gasteiger partial charge in [-0.15, -0.1) is 10.2 Å². The van der Waals surface area contributed by atoms with Crippen molar-refractivity contribution in [3.05, 3.63) is 46.8 Å². The van der Waals surface area contributed by atoms with Gasteiger partial charge in [0, 0.05) is 30.8 Å². The van der Waals surface area contributed by atoms with Crippen LogP contribution in [0.2, 0.25) is 0 Å². The van der Waals surface area contributed by atoms with Gasteiger partial charge in [0.05, 0.1) is 24.6 Å². The maximum Gasteiger partial charge on any atom is 0.232 e. The summed E-state index contributed by atoms with van der Waals surface area (Å²) in [6, 6.07) is 8.51. The van der Waals surface area contributed by atoms with E-state index in [2.05, 4.69) is 56.0 Å². The Morgan fingerprint density at radius 3 is 2.66 bits per heavy atom. The summed E-state index contributed by atoms with van der Waals surface area (Å²) in [7, 11) is 0. The van der Waals surface area contributed by atoms with E-state index in [1.807, 2.05) is 0 Å². The lowest BCUT2D eigenvalue weighted by Gasteiger charge is -2.28. The minimum atomic E-state index is 0.717. The van der Waals surface area contributed by atoms with Gasteiger partial charge in [0.15, 0.2) is 5.16 Å². The molecule has 0 N–H and O–H groups in total. The zero-order valence-electron chi connectivity index (χ0n) is 16.6. The maximum absolute atomic E-state index is 5.58. The molecule has 152 valence electrons. The van der Waals surface area contributed by atoms with Gasteiger partial charge in [0.1, 0.15) is 5.76 Å². The number of ether oxygens (including phenoxy) is 1. The topological polar surface area (TPSA) is 69.2 Å². The molecule has 3 heterocycles. The summed E-state index contributed by atoms with van der Waals surface area (Å²) in [4.78, 5) is 2.25. The Kier molecular flexibility index (Phi) is 5.28. The first-order chi connectivity index (χ1) is 14.3. The zero-order chi connectivity index (χ0) is 19.6. The van der Waals surface area contributed by atoms with Crippen molar-refractivity contribution < 1.29 is 9.26 Å². The average molecular weight is 412 g/mol. The molecule has 0 atom stereocenters. The molecular formula is C21H25N5O2S. The highest BCUT2D eigenvalue weighted by Crippen LogP contribution is 2.32. The molecule has 3 aromatic rings. The number of hydrogen-bond donors (Lipinski definition) is 0. The highest BCUT2D eigenvalue weighted by molar-refractivity contribution is 7.98. The number of anilines is 1. The third-order valence-corrected chi connectivity index (χ3v) is 6.51. The predicted molar refractivity (Wildman–Crippen MR) is 112 cm³/mol. The maximum atomic E-state index is 5.58. The molecule has 0 bridgehead atoms. The summed E-state index contributed by atoms with van der Waals surface area (Å²) in [5.74, 6) is 2.69. The fraction of sp³-hybridized carbons (Fsp3) is 0.476. The molecule has 0 unspecified atom stereocenters. The molecule has 2 aromatic heterocycles. The smallest absolute Gasteiger partial charge is 0.232 e. The largest absolute Gasteiger partial charge is 0.378 e. The Hall–Kier alpha value is -2.32. The molecule has 0 spiro atoms. The van der Waals surface area contributed by atoms with Crippen molar-refractivity contribution in [2.45, 2.75) is 43.5 Å². The zero-order valence-corrected chi connectivity index (χ0v) is 17.5. The minimum absolute atomic E-state index is 0.717. The van der Waals surface area contributed by atoms with Crippen LogP contribution in [-0.2, 0) is 23.3 Å². The monoisotopic (exact) mass is 411 g/mol. The Balaban J connectivity index is 1.45. The molecule has 8 heteroatoms. The van der Waals surface area contributed by atoms with Crippen LogP contribution in [0.1, 0.15) is 35.4 Å². The van der Waals surface area contributed by atoms with Gasteiger partial charge in [-0.3, -0.25) is 4.57 Å². The Bertz CT molecular complexity index is 976. The van der Waals surface area contributed by atoms with Crippen molar-refractivity contribution in [3.63, 3.8) is 0 Å². The van der Waals surface area contributed by atoms with Gasteiger partial charge in [-0.05, 0) is 38.3 Å². The fourth-order valence-corrected chi connectivity index (χ4v) is 4.85. The highest BCUT2D eigenvalue weighted by atomic mass is 32.2. The number of benzene rings is 1. The molecule has 0 radical (unpaired) electrons. The van der Waals surface area contributed by atoms with Gasteiger partial charge in [-0.1, -0.05) is 34.6 Å². The molecular weight excluding hydrogens is 386 g/mol. The number of fused-ring (bicyclic) bond motifs is 1. The Morgan fingerprint density at radius 1 is 1.03 bits per heavy atom. The highest BCUT2D eigenvalue weighted by Gasteiger charge is 2.24. The number of hydrogen-bond acceptors (Lipinski definition) is 7. The van der Waals surface area contributed by atoms with E-state index in [9.17, 15) is 0 Å². The second-order valence-electron chi connectivity index (χ2n) is 7.58. The fourth-order valence-electron chi connectivity index (χ4n) is 3.94. The van der Waals surface area contributed by atoms with E-state index in [0.29, 0.717) is 13.2 Å². The first-order valence-corrected chi connectivity index (χ1v) is 11.2. The molecule has 1 aliphatic heterocycles. The number of nitrogens with zero attached hydrogens (tertiary/aromatic N) is 5. The van der Waals surface area contributed by atoms with Gasteiger partial charge in [0.2, 0.25) is 5.95 Å². The van der Waals surface area contributed by atoms with E-state index < -0.39 is 0 Å². The lowest BCUT2D eigenvalue weighted by molar-refractivity contribution is 0.122. The summed E-state index contributed by atoms with van der Waals surface area (Å²) in [6.07, 6.45) is 4.48. The van der Waals surface area contributed by atoms with Crippen molar-refractivity contribution in [2.24, 2.45) is 0 Å². The molecule has 1 fully saturated rings. The second kappa shape index (κ2) is 8.20.